The highest BCUT2D eigenvalue weighted by Crippen LogP contribution is 2.38. The van der Waals surface area contributed by atoms with E-state index in [4.69, 9.17) is 5.11 Å². The van der Waals surface area contributed by atoms with E-state index in [1.807, 2.05) is 17.8 Å². The van der Waals surface area contributed by atoms with E-state index in [1.54, 1.807) is 0 Å². The van der Waals surface area contributed by atoms with Crippen molar-refractivity contribution in [2.24, 2.45) is 0 Å². The van der Waals surface area contributed by atoms with Crippen LogP contribution in [-0.2, 0) is 4.79 Å². The number of rotatable bonds is 3. The topological polar surface area (TPSA) is 40.5 Å². The Hall–Kier alpha value is -0.680. The van der Waals surface area contributed by atoms with E-state index in [1.165, 1.54) is 4.90 Å². The normalized spacial score (nSPS) is 18.9. The van der Waals surface area contributed by atoms with E-state index in [-0.39, 0.29) is 6.42 Å². The molecule has 0 saturated heterocycles. The first kappa shape index (κ1) is 12.8. The zero-order valence-electron chi connectivity index (χ0n) is 9.52. The third-order valence-electron chi connectivity index (χ3n) is 2.81. The van der Waals surface area contributed by atoms with Crippen molar-refractivity contribution in [1.29, 1.82) is 0 Å². The van der Waals surface area contributed by atoms with Crippen LogP contribution in [0.4, 0.5) is 5.69 Å². The van der Waals surface area contributed by atoms with E-state index in [9.17, 15) is 4.79 Å². The summed E-state index contributed by atoms with van der Waals surface area (Å²) in [7, 11) is 0. The van der Waals surface area contributed by atoms with Crippen molar-refractivity contribution in [1.82, 2.24) is 0 Å². The Labute approximate surface area is 113 Å². The van der Waals surface area contributed by atoms with Gasteiger partial charge in [-0.15, -0.1) is 11.8 Å². The maximum atomic E-state index is 10.7. The Morgan fingerprint density at radius 2 is 2.41 bits per heavy atom. The summed E-state index contributed by atoms with van der Waals surface area (Å²) in [5, 5.41) is 8.79. The van der Waals surface area contributed by atoms with Gasteiger partial charge in [0.15, 0.2) is 0 Å². The van der Waals surface area contributed by atoms with Crippen molar-refractivity contribution in [3.05, 3.63) is 22.7 Å². The minimum atomic E-state index is -0.744. The van der Waals surface area contributed by atoms with Gasteiger partial charge in [-0.1, -0.05) is 15.9 Å². The molecule has 2 rings (SSSR count). The minimum absolute atomic E-state index is 0.182. The standard InChI is InChI=1S/C12H14BrNO2S/c1-8-7-17-11-3-2-9(13)6-10(11)14(8)5-4-12(15)16/h2-3,6,8H,4-5,7H2,1H3,(H,15,16). The van der Waals surface area contributed by atoms with Gasteiger partial charge in [0, 0.05) is 27.7 Å². The molecule has 1 heterocycles. The van der Waals surface area contributed by atoms with Gasteiger partial charge in [-0.05, 0) is 25.1 Å². The van der Waals surface area contributed by atoms with Crippen LogP contribution in [0, 0.1) is 0 Å². The largest absolute Gasteiger partial charge is 0.481 e. The molecule has 0 spiro atoms. The first-order valence-corrected chi connectivity index (χ1v) is 7.26. The van der Waals surface area contributed by atoms with Crippen LogP contribution < -0.4 is 4.90 Å². The Morgan fingerprint density at radius 1 is 1.65 bits per heavy atom. The van der Waals surface area contributed by atoms with Crippen LogP contribution in [0.15, 0.2) is 27.6 Å². The minimum Gasteiger partial charge on any atom is -0.481 e. The number of carbonyl (C=O) groups is 1. The highest BCUT2D eigenvalue weighted by atomic mass is 79.9. The average Bonchev–Trinajstić information content (AvgIpc) is 2.27. The van der Waals surface area contributed by atoms with E-state index >= 15 is 0 Å². The van der Waals surface area contributed by atoms with Gasteiger partial charge in [-0.3, -0.25) is 4.79 Å². The molecule has 1 aliphatic heterocycles. The number of aliphatic carboxylic acids is 1. The van der Waals surface area contributed by atoms with Crippen molar-refractivity contribution in [2.75, 3.05) is 17.2 Å². The number of benzene rings is 1. The molecule has 1 aliphatic rings. The number of fused-ring (bicyclic) bond motifs is 1. The second kappa shape index (κ2) is 5.31. The lowest BCUT2D eigenvalue weighted by atomic mass is 10.2. The quantitative estimate of drug-likeness (QED) is 0.929. The SMILES string of the molecule is CC1CSc2ccc(Br)cc2N1CCC(=O)O. The molecule has 1 aromatic rings. The molecule has 92 valence electrons. The molecule has 0 bridgehead atoms. The Kier molecular flexibility index (Phi) is 3.99. The summed E-state index contributed by atoms with van der Waals surface area (Å²) in [6, 6.07) is 6.56. The first-order chi connectivity index (χ1) is 8.08. The number of carboxylic acid groups (broad SMARTS) is 1. The number of carboxylic acids is 1. The molecule has 1 atom stereocenters. The molecule has 1 unspecified atom stereocenters. The number of anilines is 1. The first-order valence-electron chi connectivity index (χ1n) is 5.48. The monoisotopic (exact) mass is 315 g/mol. The van der Waals surface area contributed by atoms with E-state index in [2.05, 4.69) is 39.9 Å². The molecule has 17 heavy (non-hydrogen) atoms. The van der Waals surface area contributed by atoms with Gasteiger partial charge in [0.25, 0.3) is 0 Å². The van der Waals surface area contributed by atoms with Crippen LogP contribution in [0.1, 0.15) is 13.3 Å². The molecule has 0 amide bonds. The fourth-order valence-electron chi connectivity index (χ4n) is 1.93. The van der Waals surface area contributed by atoms with E-state index in [0.717, 1.165) is 15.9 Å². The van der Waals surface area contributed by atoms with Gasteiger partial charge in [0.2, 0.25) is 0 Å². The third kappa shape index (κ3) is 2.96. The molecular weight excluding hydrogens is 302 g/mol. The molecule has 0 saturated carbocycles. The maximum absolute atomic E-state index is 10.7. The van der Waals surface area contributed by atoms with Crippen LogP contribution in [0.2, 0.25) is 0 Å². The molecule has 0 radical (unpaired) electrons. The summed E-state index contributed by atoms with van der Waals surface area (Å²) >= 11 is 5.30. The van der Waals surface area contributed by atoms with Gasteiger partial charge < -0.3 is 10.0 Å². The van der Waals surface area contributed by atoms with Crippen LogP contribution in [0.25, 0.3) is 0 Å². The van der Waals surface area contributed by atoms with Gasteiger partial charge in [0.1, 0.15) is 0 Å². The second-order valence-electron chi connectivity index (χ2n) is 4.11. The lowest BCUT2D eigenvalue weighted by molar-refractivity contribution is -0.136. The van der Waals surface area contributed by atoms with Crippen LogP contribution in [0.3, 0.4) is 0 Å². The van der Waals surface area contributed by atoms with Crippen molar-refractivity contribution in [3.8, 4) is 0 Å². The van der Waals surface area contributed by atoms with Gasteiger partial charge in [-0.25, -0.2) is 0 Å². The van der Waals surface area contributed by atoms with Crippen LogP contribution in [0.5, 0.6) is 0 Å². The van der Waals surface area contributed by atoms with E-state index < -0.39 is 5.97 Å². The Morgan fingerprint density at radius 3 is 3.12 bits per heavy atom. The highest BCUT2D eigenvalue weighted by molar-refractivity contribution is 9.10. The van der Waals surface area contributed by atoms with Crippen LogP contribution in [-0.4, -0.2) is 29.4 Å². The highest BCUT2D eigenvalue weighted by Gasteiger charge is 2.23. The van der Waals surface area contributed by atoms with Crippen LogP contribution >= 0.6 is 27.7 Å². The molecule has 1 N–H and O–H groups in total. The van der Waals surface area contributed by atoms with Crippen molar-refractivity contribution < 1.29 is 9.90 Å². The second-order valence-corrected chi connectivity index (χ2v) is 6.09. The molecule has 0 fully saturated rings. The lowest BCUT2D eigenvalue weighted by Crippen LogP contribution is -2.39. The smallest absolute Gasteiger partial charge is 0.305 e. The fraction of sp³-hybridized carbons (Fsp3) is 0.417. The zero-order chi connectivity index (χ0) is 12.4. The Balaban J connectivity index is 2.25. The zero-order valence-corrected chi connectivity index (χ0v) is 11.9. The third-order valence-corrected chi connectivity index (χ3v) is 4.61. The maximum Gasteiger partial charge on any atom is 0.305 e. The predicted octanol–water partition coefficient (Wildman–Crippen LogP) is 3.22. The molecule has 3 nitrogen and oxygen atoms in total. The number of hydrogen-bond donors (Lipinski definition) is 1. The number of hydrogen-bond acceptors (Lipinski definition) is 3. The summed E-state index contributed by atoms with van der Waals surface area (Å²) in [6.45, 7) is 2.71. The fourth-order valence-corrected chi connectivity index (χ4v) is 3.37. The summed E-state index contributed by atoms with van der Waals surface area (Å²) < 4.78 is 1.03. The van der Waals surface area contributed by atoms with Gasteiger partial charge in [-0.2, -0.15) is 0 Å². The number of thioether (sulfide) groups is 1. The lowest BCUT2D eigenvalue weighted by Gasteiger charge is -2.36. The summed E-state index contributed by atoms with van der Waals surface area (Å²) in [6.07, 6.45) is 0.182. The van der Waals surface area contributed by atoms with Crippen molar-refractivity contribution >= 4 is 39.3 Å². The molecular formula is C12H14BrNO2S. The Bertz CT molecular complexity index is 439. The predicted molar refractivity (Wildman–Crippen MR) is 73.9 cm³/mol. The van der Waals surface area contributed by atoms with E-state index in [0.29, 0.717) is 12.6 Å². The molecule has 0 aromatic heterocycles. The number of nitrogens with zero attached hydrogens (tertiary/aromatic N) is 1. The molecule has 5 heteroatoms. The number of halogens is 1. The average molecular weight is 316 g/mol. The summed E-state index contributed by atoms with van der Waals surface area (Å²) in [5.41, 5.74) is 1.14. The molecule has 0 aliphatic carbocycles. The van der Waals surface area contributed by atoms with Gasteiger partial charge in [0.05, 0.1) is 12.1 Å². The molecule has 1 aromatic carbocycles. The van der Waals surface area contributed by atoms with Crippen molar-refractivity contribution in [3.63, 3.8) is 0 Å². The summed E-state index contributed by atoms with van der Waals surface area (Å²) in [4.78, 5) is 14.1. The summed E-state index contributed by atoms with van der Waals surface area (Å²) in [5.74, 6) is 0.265. The van der Waals surface area contributed by atoms with Gasteiger partial charge >= 0.3 is 5.97 Å². The van der Waals surface area contributed by atoms with Crippen molar-refractivity contribution in [2.45, 2.75) is 24.3 Å².